The summed E-state index contributed by atoms with van der Waals surface area (Å²) in [7, 11) is 0. The Morgan fingerprint density at radius 2 is 1.35 bits per heavy atom. The predicted octanol–water partition coefficient (Wildman–Crippen LogP) is 4.14. The van der Waals surface area contributed by atoms with Crippen molar-refractivity contribution in [3.63, 3.8) is 0 Å². The molecule has 1 unspecified atom stereocenters. The monoisotopic (exact) mass is 340 g/mol. The molecule has 1 saturated carbocycles. The van der Waals surface area contributed by atoms with E-state index in [0.29, 0.717) is 0 Å². The van der Waals surface area contributed by atoms with Crippen molar-refractivity contribution >= 4 is 12.1 Å². The molecule has 0 radical (unpaired) electrons. The Morgan fingerprint density at radius 3 is 1.88 bits per heavy atom. The Morgan fingerprint density at radius 1 is 0.846 bits per heavy atom. The van der Waals surface area contributed by atoms with Crippen LogP contribution in [0.4, 0.5) is 0 Å². The molecule has 3 aromatic rings. The van der Waals surface area contributed by atoms with Gasteiger partial charge in [0.2, 0.25) is 5.91 Å². The van der Waals surface area contributed by atoms with Gasteiger partial charge in [0.1, 0.15) is 0 Å². The Bertz CT molecular complexity index is 865. The standard InChI is InChI=1S/C23H20N2O/c26-22(25-24-17-18-10-4-1-5-11-18)21-16-23(21,19-12-6-2-7-13-19)20-14-8-3-9-15-20/h1-15,17,21H,16H2,(H,25,26)/b24-17+. The number of nitrogens with one attached hydrogen (secondary N) is 1. The lowest BCUT2D eigenvalue weighted by Gasteiger charge is -2.18. The highest BCUT2D eigenvalue weighted by Crippen LogP contribution is 2.58. The first-order chi connectivity index (χ1) is 12.8. The second-order valence-corrected chi connectivity index (χ2v) is 6.61. The molecule has 0 spiro atoms. The summed E-state index contributed by atoms with van der Waals surface area (Å²) in [6.07, 6.45) is 2.47. The van der Waals surface area contributed by atoms with E-state index in [4.69, 9.17) is 0 Å². The zero-order valence-corrected chi connectivity index (χ0v) is 14.4. The van der Waals surface area contributed by atoms with E-state index in [0.717, 1.165) is 12.0 Å². The van der Waals surface area contributed by atoms with Gasteiger partial charge in [0.25, 0.3) is 0 Å². The number of hydrogen-bond donors (Lipinski definition) is 1. The molecule has 0 aromatic heterocycles. The fraction of sp³-hybridized carbons (Fsp3) is 0.130. The molecule has 0 heterocycles. The van der Waals surface area contributed by atoms with Crippen LogP contribution in [0.2, 0.25) is 0 Å². The molecule has 1 N–H and O–H groups in total. The molecule has 128 valence electrons. The first-order valence-corrected chi connectivity index (χ1v) is 8.80. The maximum absolute atomic E-state index is 12.7. The van der Waals surface area contributed by atoms with Crippen molar-refractivity contribution in [2.45, 2.75) is 11.8 Å². The van der Waals surface area contributed by atoms with Gasteiger partial charge in [0, 0.05) is 5.41 Å². The fourth-order valence-electron chi connectivity index (χ4n) is 3.64. The van der Waals surface area contributed by atoms with Crippen molar-refractivity contribution < 1.29 is 4.79 Å². The van der Waals surface area contributed by atoms with Crippen LogP contribution in [0.5, 0.6) is 0 Å². The maximum atomic E-state index is 12.7. The zero-order valence-electron chi connectivity index (χ0n) is 14.4. The highest BCUT2D eigenvalue weighted by Gasteiger charge is 2.60. The molecule has 4 rings (SSSR count). The van der Waals surface area contributed by atoms with Gasteiger partial charge < -0.3 is 0 Å². The average molecular weight is 340 g/mol. The van der Waals surface area contributed by atoms with Gasteiger partial charge in [-0.3, -0.25) is 4.79 Å². The number of amides is 1. The third-order valence-electron chi connectivity index (χ3n) is 5.04. The van der Waals surface area contributed by atoms with E-state index >= 15 is 0 Å². The third kappa shape index (κ3) is 3.04. The van der Waals surface area contributed by atoms with Crippen LogP contribution in [-0.4, -0.2) is 12.1 Å². The van der Waals surface area contributed by atoms with Crippen molar-refractivity contribution in [2.24, 2.45) is 11.0 Å². The summed E-state index contributed by atoms with van der Waals surface area (Å²) in [5.74, 6) is -0.148. The number of rotatable bonds is 5. The number of carbonyl (C=O) groups is 1. The molecule has 26 heavy (non-hydrogen) atoms. The molecule has 1 aliphatic carbocycles. The highest BCUT2D eigenvalue weighted by atomic mass is 16.2. The summed E-state index contributed by atoms with van der Waals surface area (Å²) in [5, 5.41) is 4.13. The molecule has 1 atom stereocenters. The van der Waals surface area contributed by atoms with Gasteiger partial charge >= 0.3 is 0 Å². The van der Waals surface area contributed by atoms with E-state index in [1.165, 1.54) is 11.1 Å². The van der Waals surface area contributed by atoms with Crippen molar-refractivity contribution in [3.8, 4) is 0 Å². The smallest absolute Gasteiger partial charge is 0.244 e. The molecule has 3 nitrogen and oxygen atoms in total. The van der Waals surface area contributed by atoms with Gasteiger partial charge in [-0.2, -0.15) is 5.10 Å². The van der Waals surface area contributed by atoms with Gasteiger partial charge in [-0.05, 0) is 23.1 Å². The number of benzene rings is 3. The molecule has 1 aliphatic rings. The molecule has 3 heteroatoms. The lowest BCUT2D eigenvalue weighted by Crippen LogP contribution is -2.25. The topological polar surface area (TPSA) is 41.5 Å². The quantitative estimate of drug-likeness (QED) is 0.550. The van der Waals surface area contributed by atoms with Gasteiger partial charge in [0.15, 0.2) is 0 Å². The van der Waals surface area contributed by atoms with Crippen molar-refractivity contribution in [1.82, 2.24) is 5.43 Å². The van der Waals surface area contributed by atoms with E-state index < -0.39 is 0 Å². The van der Waals surface area contributed by atoms with Gasteiger partial charge in [-0.25, -0.2) is 5.43 Å². The number of hydrazone groups is 1. The minimum Gasteiger partial charge on any atom is -0.273 e. The van der Waals surface area contributed by atoms with Crippen LogP contribution in [0, 0.1) is 5.92 Å². The van der Waals surface area contributed by atoms with Crippen LogP contribution >= 0.6 is 0 Å². The van der Waals surface area contributed by atoms with E-state index in [9.17, 15) is 4.79 Å². The number of hydrogen-bond acceptors (Lipinski definition) is 2. The van der Waals surface area contributed by atoms with E-state index in [1.807, 2.05) is 66.7 Å². The zero-order chi connectivity index (χ0) is 17.8. The van der Waals surface area contributed by atoms with Gasteiger partial charge in [0.05, 0.1) is 12.1 Å². The predicted molar refractivity (Wildman–Crippen MR) is 104 cm³/mol. The fourth-order valence-corrected chi connectivity index (χ4v) is 3.64. The van der Waals surface area contributed by atoms with Crippen molar-refractivity contribution in [2.75, 3.05) is 0 Å². The first-order valence-electron chi connectivity index (χ1n) is 8.80. The molecule has 0 bridgehead atoms. The molecule has 0 saturated heterocycles. The van der Waals surface area contributed by atoms with Crippen LogP contribution in [0.15, 0.2) is 96.1 Å². The molecule has 3 aromatic carbocycles. The Hall–Kier alpha value is -3.20. The van der Waals surface area contributed by atoms with Crippen molar-refractivity contribution in [3.05, 3.63) is 108 Å². The van der Waals surface area contributed by atoms with Crippen LogP contribution in [0.25, 0.3) is 0 Å². The van der Waals surface area contributed by atoms with Crippen LogP contribution in [0.3, 0.4) is 0 Å². The maximum Gasteiger partial charge on any atom is 0.244 e. The summed E-state index contributed by atoms with van der Waals surface area (Å²) in [6, 6.07) is 30.3. The largest absolute Gasteiger partial charge is 0.273 e. The lowest BCUT2D eigenvalue weighted by molar-refractivity contribution is -0.122. The first kappa shape index (κ1) is 16.3. The third-order valence-corrected chi connectivity index (χ3v) is 5.04. The summed E-state index contributed by atoms with van der Waals surface area (Å²) >= 11 is 0. The number of carbonyl (C=O) groups excluding carboxylic acids is 1. The average Bonchev–Trinajstić information content (AvgIpc) is 3.47. The minimum atomic E-state index is -0.255. The van der Waals surface area contributed by atoms with Gasteiger partial charge in [-0.15, -0.1) is 0 Å². The molecular formula is C23H20N2O. The van der Waals surface area contributed by atoms with E-state index in [-0.39, 0.29) is 17.2 Å². The summed E-state index contributed by atoms with van der Waals surface area (Å²) in [4.78, 5) is 12.7. The van der Waals surface area contributed by atoms with Crippen LogP contribution < -0.4 is 5.43 Å². The minimum absolute atomic E-state index is 0.0371. The van der Waals surface area contributed by atoms with Crippen LogP contribution in [0.1, 0.15) is 23.1 Å². The van der Waals surface area contributed by atoms with Crippen molar-refractivity contribution in [1.29, 1.82) is 0 Å². The Labute approximate surface area is 153 Å². The number of nitrogens with zero attached hydrogens (tertiary/aromatic N) is 1. The Kier molecular flexibility index (Phi) is 4.36. The van der Waals surface area contributed by atoms with E-state index in [1.54, 1.807) is 6.21 Å². The normalized spacial score (nSPS) is 17.8. The van der Waals surface area contributed by atoms with Gasteiger partial charge in [-0.1, -0.05) is 91.0 Å². The summed E-state index contributed by atoms with van der Waals surface area (Å²) < 4.78 is 0. The lowest BCUT2D eigenvalue weighted by atomic mass is 9.85. The summed E-state index contributed by atoms with van der Waals surface area (Å²) in [6.45, 7) is 0. The highest BCUT2D eigenvalue weighted by molar-refractivity contribution is 5.87. The molecule has 1 fully saturated rings. The Balaban J connectivity index is 1.55. The molecular weight excluding hydrogens is 320 g/mol. The second-order valence-electron chi connectivity index (χ2n) is 6.61. The van der Waals surface area contributed by atoms with E-state index in [2.05, 4.69) is 34.8 Å². The molecule has 0 aliphatic heterocycles. The van der Waals surface area contributed by atoms with Crippen LogP contribution in [-0.2, 0) is 10.2 Å². The molecule has 1 amide bonds. The SMILES string of the molecule is O=C(N/N=C/c1ccccc1)C1CC1(c1ccccc1)c1ccccc1. The second kappa shape index (κ2) is 6.96. The summed E-state index contributed by atoms with van der Waals surface area (Å²) in [5.41, 5.74) is 5.78.